The highest BCUT2D eigenvalue weighted by molar-refractivity contribution is 7.86. The van der Waals surface area contributed by atoms with Gasteiger partial charge in [-0.1, -0.05) is 12.1 Å². The van der Waals surface area contributed by atoms with E-state index in [1.54, 1.807) is 0 Å². The first-order valence-corrected chi connectivity index (χ1v) is 7.97. The molecular formula is C10H10N2O6S2. The molecule has 8 nitrogen and oxygen atoms in total. The van der Waals surface area contributed by atoms with Gasteiger partial charge in [0.25, 0.3) is 20.2 Å². The average molecular weight is 318 g/mol. The number of hydrogen-bond donors (Lipinski definition) is 4. The monoisotopic (exact) mass is 318 g/mol. The number of hydrogen-bond acceptors (Lipinski definition) is 6. The van der Waals surface area contributed by atoms with Crippen molar-refractivity contribution in [2.45, 2.75) is 9.79 Å². The smallest absolute Gasteiger partial charge is 0.297 e. The first-order chi connectivity index (χ1) is 9.03. The van der Waals surface area contributed by atoms with Crippen molar-refractivity contribution in [2.75, 3.05) is 11.5 Å². The Kier molecular flexibility index (Phi) is 3.13. The van der Waals surface area contributed by atoms with Crippen LogP contribution in [0.1, 0.15) is 0 Å². The van der Waals surface area contributed by atoms with Crippen LogP contribution in [0, 0.1) is 0 Å². The van der Waals surface area contributed by atoms with Gasteiger partial charge >= 0.3 is 0 Å². The Hall–Kier alpha value is -1.88. The molecule has 0 atom stereocenters. The van der Waals surface area contributed by atoms with Crippen LogP contribution in [-0.4, -0.2) is 25.9 Å². The second-order valence-electron chi connectivity index (χ2n) is 4.01. The van der Waals surface area contributed by atoms with Gasteiger partial charge in [-0.05, 0) is 12.1 Å². The lowest BCUT2D eigenvalue weighted by Gasteiger charge is -2.12. The van der Waals surface area contributed by atoms with E-state index in [-0.39, 0.29) is 16.5 Å². The largest absolute Gasteiger partial charge is 0.398 e. The van der Waals surface area contributed by atoms with E-state index >= 15 is 0 Å². The fraction of sp³-hybridized carbons (Fsp3) is 0. The van der Waals surface area contributed by atoms with E-state index < -0.39 is 35.7 Å². The van der Waals surface area contributed by atoms with Crippen molar-refractivity contribution in [3.05, 3.63) is 24.3 Å². The molecule has 0 spiro atoms. The van der Waals surface area contributed by atoms with Crippen molar-refractivity contribution in [3.63, 3.8) is 0 Å². The molecule has 0 heterocycles. The third kappa shape index (κ3) is 2.29. The molecular weight excluding hydrogens is 308 g/mol. The minimum absolute atomic E-state index is 0.0833. The van der Waals surface area contributed by atoms with Gasteiger partial charge in [-0.3, -0.25) is 9.11 Å². The second kappa shape index (κ2) is 4.31. The predicted molar refractivity (Wildman–Crippen MR) is 72.4 cm³/mol. The molecule has 0 aliphatic carbocycles. The van der Waals surface area contributed by atoms with E-state index in [1.807, 2.05) is 0 Å². The van der Waals surface area contributed by atoms with E-state index in [2.05, 4.69) is 0 Å². The standard InChI is InChI=1S/C10H10N2O6S2/c11-6-3-1-2-5-9(6)8(19(13,14)15)4-7(12)10(5)20(16,17)18/h1-4H,11-12H2,(H,13,14,15)(H,16,17,18). The highest BCUT2D eigenvalue weighted by Crippen LogP contribution is 2.36. The summed E-state index contributed by atoms with van der Waals surface area (Å²) in [4.78, 5) is -1.29. The lowest BCUT2D eigenvalue weighted by atomic mass is 10.1. The van der Waals surface area contributed by atoms with Gasteiger partial charge in [0.15, 0.2) is 0 Å². The zero-order valence-corrected chi connectivity index (χ0v) is 11.4. The van der Waals surface area contributed by atoms with E-state index in [9.17, 15) is 25.9 Å². The fourth-order valence-corrected chi connectivity index (χ4v) is 3.53. The topological polar surface area (TPSA) is 161 Å². The summed E-state index contributed by atoms with van der Waals surface area (Å²) >= 11 is 0. The van der Waals surface area contributed by atoms with Gasteiger partial charge in [-0.25, -0.2) is 0 Å². The summed E-state index contributed by atoms with van der Waals surface area (Å²) in [6, 6.07) is 4.64. The zero-order valence-electron chi connectivity index (χ0n) is 9.81. The van der Waals surface area contributed by atoms with Crippen molar-refractivity contribution in [2.24, 2.45) is 0 Å². The Bertz CT molecular complexity index is 918. The van der Waals surface area contributed by atoms with Crippen LogP contribution in [0.15, 0.2) is 34.1 Å². The number of benzene rings is 2. The SMILES string of the molecule is Nc1cc(S(=O)(=O)O)c2c(N)cccc2c1S(=O)(=O)O. The van der Waals surface area contributed by atoms with Crippen LogP contribution >= 0.6 is 0 Å². The number of nitrogen functional groups attached to an aromatic ring is 2. The number of nitrogens with two attached hydrogens (primary N) is 2. The summed E-state index contributed by atoms with van der Waals surface area (Å²) in [6.07, 6.45) is 0. The first-order valence-electron chi connectivity index (χ1n) is 5.09. The van der Waals surface area contributed by atoms with Gasteiger partial charge in [0.05, 0.1) is 5.69 Å². The number of fused-ring (bicyclic) bond motifs is 1. The number of rotatable bonds is 2. The van der Waals surface area contributed by atoms with Crippen molar-refractivity contribution in [1.82, 2.24) is 0 Å². The van der Waals surface area contributed by atoms with Crippen LogP contribution in [0.2, 0.25) is 0 Å². The summed E-state index contributed by atoms with van der Waals surface area (Å²) in [5.74, 6) is 0. The summed E-state index contributed by atoms with van der Waals surface area (Å²) in [5, 5.41) is -0.419. The Balaban J connectivity index is 3.19. The highest BCUT2D eigenvalue weighted by Gasteiger charge is 2.25. The van der Waals surface area contributed by atoms with Crippen LogP contribution in [0.3, 0.4) is 0 Å². The molecule has 0 aliphatic rings. The maximum absolute atomic E-state index is 11.4. The van der Waals surface area contributed by atoms with Crippen molar-refractivity contribution in [3.8, 4) is 0 Å². The van der Waals surface area contributed by atoms with Crippen LogP contribution in [0.25, 0.3) is 10.8 Å². The summed E-state index contributed by atoms with van der Waals surface area (Å²) < 4.78 is 63.8. The maximum Gasteiger partial charge on any atom is 0.297 e. The quantitative estimate of drug-likeness (QED) is 0.459. The molecule has 0 amide bonds. The Morgan fingerprint density at radius 1 is 0.900 bits per heavy atom. The molecule has 0 saturated heterocycles. The molecule has 0 unspecified atom stereocenters. The van der Waals surface area contributed by atoms with Gasteiger partial charge in [-0.15, -0.1) is 0 Å². The van der Waals surface area contributed by atoms with E-state index in [4.69, 9.17) is 11.5 Å². The Labute approximate surface area is 114 Å². The minimum Gasteiger partial charge on any atom is -0.398 e. The third-order valence-electron chi connectivity index (χ3n) is 2.67. The molecule has 0 aliphatic heterocycles. The average Bonchev–Trinajstić information content (AvgIpc) is 2.24. The molecule has 0 radical (unpaired) electrons. The Morgan fingerprint density at radius 2 is 1.50 bits per heavy atom. The van der Waals surface area contributed by atoms with Crippen molar-refractivity contribution >= 4 is 42.4 Å². The molecule has 20 heavy (non-hydrogen) atoms. The molecule has 0 bridgehead atoms. The van der Waals surface area contributed by atoms with Crippen LogP contribution in [0.4, 0.5) is 11.4 Å². The lowest BCUT2D eigenvalue weighted by Crippen LogP contribution is -2.09. The molecule has 10 heteroatoms. The molecule has 0 aromatic heterocycles. The Morgan fingerprint density at radius 3 is 2.00 bits per heavy atom. The van der Waals surface area contributed by atoms with Gasteiger partial charge < -0.3 is 11.5 Å². The van der Waals surface area contributed by atoms with E-state index in [1.165, 1.54) is 18.2 Å². The summed E-state index contributed by atoms with van der Waals surface area (Å²) in [7, 11) is -9.37. The lowest BCUT2D eigenvalue weighted by molar-refractivity contribution is 0.480. The van der Waals surface area contributed by atoms with Gasteiger partial charge in [0.2, 0.25) is 0 Å². The summed E-state index contributed by atoms with van der Waals surface area (Å²) in [6.45, 7) is 0. The van der Waals surface area contributed by atoms with Crippen molar-refractivity contribution < 1.29 is 25.9 Å². The van der Waals surface area contributed by atoms with Crippen LogP contribution < -0.4 is 11.5 Å². The zero-order chi connectivity index (χ0) is 15.3. The molecule has 108 valence electrons. The first kappa shape index (κ1) is 14.5. The van der Waals surface area contributed by atoms with Gasteiger partial charge in [0.1, 0.15) is 9.79 Å². The second-order valence-corrected chi connectivity index (χ2v) is 6.76. The third-order valence-corrected chi connectivity index (χ3v) is 4.52. The van der Waals surface area contributed by atoms with Crippen LogP contribution in [-0.2, 0) is 20.2 Å². The fourth-order valence-electron chi connectivity index (χ4n) is 1.96. The van der Waals surface area contributed by atoms with Gasteiger partial charge in [-0.2, -0.15) is 16.8 Å². The maximum atomic E-state index is 11.4. The molecule has 0 fully saturated rings. The van der Waals surface area contributed by atoms with Crippen LogP contribution in [0.5, 0.6) is 0 Å². The normalized spacial score (nSPS) is 12.7. The highest BCUT2D eigenvalue weighted by atomic mass is 32.2. The predicted octanol–water partition coefficient (Wildman–Crippen LogP) is 0.498. The summed E-state index contributed by atoms with van der Waals surface area (Å²) in [5.41, 5.74) is 10.5. The number of anilines is 2. The minimum atomic E-state index is -4.70. The molecule has 2 aromatic rings. The molecule has 2 aromatic carbocycles. The van der Waals surface area contributed by atoms with Crippen molar-refractivity contribution in [1.29, 1.82) is 0 Å². The molecule has 6 N–H and O–H groups in total. The van der Waals surface area contributed by atoms with E-state index in [0.717, 1.165) is 6.07 Å². The van der Waals surface area contributed by atoms with Gasteiger partial charge in [0, 0.05) is 16.5 Å². The molecule has 2 rings (SSSR count). The molecule has 0 saturated carbocycles. The van der Waals surface area contributed by atoms with E-state index in [0.29, 0.717) is 0 Å².